The average Bonchev–Trinajstić information content (AvgIpc) is 2.95. The van der Waals surface area contributed by atoms with Crippen LogP contribution >= 0.6 is 0 Å². The fraction of sp³-hybridized carbons (Fsp3) is 0.562. The summed E-state index contributed by atoms with van der Waals surface area (Å²) < 4.78 is 0. The van der Waals surface area contributed by atoms with Crippen LogP contribution in [0.4, 0.5) is 5.69 Å². The maximum atomic E-state index is 12.0. The molecule has 1 amide bonds. The third-order valence-electron chi connectivity index (χ3n) is 3.83. The molecular weight excluding hydrogens is 250 g/mol. The molecule has 1 aromatic carbocycles. The Kier molecular flexibility index (Phi) is 5.56. The molecule has 1 saturated heterocycles. The Morgan fingerprint density at radius 2 is 2.15 bits per heavy atom. The van der Waals surface area contributed by atoms with Crippen LogP contribution in [0.1, 0.15) is 25.3 Å². The Hall–Kier alpha value is -1.39. The minimum absolute atomic E-state index is 0.0580. The monoisotopic (exact) mass is 275 g/mol. The summed E-state index contributed by atoms with van der Waals surface area (Å²) in [6.45, 7) is 4.65. The van der Waals surface area contributed by atoms with Crippen molar-refractivity contribution in [3.05, 3.63) is 29.8 Å². The highest BCUT2D eigenvalue weighted by Crippen LogP contribution is 2.11. The van der Waals surface area contributed by atoms with Gasteiger partial charge < -0.3 is 10.6 Å². The van der Waals surface area contributed by atoms with Crippen molar-refractivity contribution in [3.8, 4) is 0 Å². The first kappa shape index (κ1) is 15.0. The highest BCUT2D eigenvalue weighted by atomic mass is 16.2. The number of rotatable bonds is 6. The van der Waals surface area contributed by atoms with Gasteiger partial charge in [-0.1, -0.05) is 25.5 Å². The first-order valence-electron chi connectivity index (χ1n) is 7.48. The van der Waals surface area contributed by atoms with E-state index in [2.05, 4.69) is 34.6 Å². The van der Waals surface area contributed by atoms with E-state index in [1.807, 2.05) is 19.2 Å². The smallest absolute Gasteiger partial charge is 0.238 e. The van der Waals surface area contributed by atoms with Crippen LogP contribution in [0, 0.1) is 0 Å². The second kappa shape index (κ2) is 7.41. The van der Waals surface area contributed by atoms with E-state index in [9.17, 15) is 4.79 Å². The van der Waals surface area contributed by atoms with Crippen molar-refractivity contribution in [2.24, 2.45) is 0 Å². The third kappa shape index (κ3) is 4.32. The molecule has 4 heteroatoms. The van der Waals surface area contributed by atoms with Gasteiger partial charge in [0.2, 0.25) is 5.91 Å². The van der Waals surface area contributed by atoms with Crippen molar-refractivity contribution in [2.75, 3.05) is 32.0 Å². The number of nitrogens with zero attached hydrogens (tertiary/aromatic N) is 1. The number of hydrogen-bond donors (Lipinski definition) is 2. The van der Waals surface area contributed by atoms with E-state index in [4.69, 9.17) is 0 Å². The fourth-order valence-corrected chi connectivity index (χ4v) is 2.62. The van der Waals surface area contributed by atoms with Crippen LogP contribution in [-0.2, 0) is 11.2 Å². The van der Waals surface area contributed by atoms with E-state index in [-0.39, 0.29) is 5.91 Å². The summed E-state index contributed by atoms with van der Waals surface area (Å²) in [5.74, 6) is 0.0580. The lowest BCUT2D eigenvalue weighted by atomic mass is 10.1. The summed E-state index contributed by atoms with van der Waals surface area (Å²) in [6, 6.07) is 8.63. The van der Waals surface area contributed by atoms with Gasteiger partial charge in [-0.15, -0.1) is 0 Å². The lowest BCUT2D eigenvalue weighted by Crippen LogP contribution is -2.39. The number of hydrogen-bond acceptors (Lipinski definition) is 3. The number of carbonyl (C=O) groups is 1. The molecule has 0 bridgehead atoms. The molecule has 1 aliphatic heterocycles. The van der Waals surface area contributed by atoms with E-state index < -0.39 is 0 Å². The first-order chi connectivity index (χ1) is 9.69. The van der Waals surface area contributed by atoms with Gasteiger partial charge >= 0.3 is 0 Å². The summed E-state index contributed by atoms with van der Waals surface area (Å²) in [6.07, 6.45) is 3.35. The zero-order valence-corrected chi connectivity index (χ0v) is 12.5. The minimum atomic E-state index is 0.0580. The summed E-state index contributed by atoms with van der Waals surface area (Å²) in [5.41, 5.74) is 2.20. The maximum Gasteiger partial charge on any atom is 0.238 e. The van der Waals surface area contributed by atoms with Crippen molar-refractivity contribution in [1.82, 2.24) is 10.2 Å². The molecule has 1 aromatic rings. The van der Waals surface area contributed by atoms with Crippen molar-refractivity contribution in [2.45, 2.75) is 32.2 Å². The van der Waals surface area contributed by atoms with Gasteiger partial charge in [0.05, 0.1) is 6.54 Å². The van der Waals surface area contributed by atoms with Gasteiger partial charge in [-0.05, 0) is 44.1 Å². The predicted octanol–water partition coefficient (Wildman–Crippen LogP) is 1.87. The van der Waals surface area contributed by atoms with Crippen LogP contribution in [0.2, 0.25) is 0 Å². The summed E-state index contributed by atoms with van der Waals surface area (Å²) in [5, 5.41) is 6.29. The first-order valence-corrected chi connectivity index (χ1v) is 7.48. The number of carbonyl (C=O) groups excluding carboxylic acids is 1. The van der Waals surface area contributed by atoms with Crippen molar-refractivity contribution < 1.29 is 4.79 Å². The molecule has 1 fully saturated rings. The van der Waals surface area contributed by atoms with Crippen LogP contribution in [0.5, 0.6) is 0 Å². The fourth-order valence-electron chi connectivity index (χ4n) is 2.62. The number of aryl methyl sites for hydroxylation is 1. The highest BCUT2D eigenvalue weighted by Gasteiger charge is 2.20. The maximum absolute atomic E-state index is 12.0. The van der Waals surface area contributed by atoms with Gasteiger partial charge in [-0.25, -0.2) is 0 Å². The SMILES string of the molecule is CCCc1ccc(NC(=O)CN(C)C2CCNC2)cc1. The third-order valence-corrected chi connectivity index (χ3v) is 3.83. The van der Waals surface area contributed by atoms with Crippen LogP contribution < -0.4 is 10.6 Å². The van der Waals surface area contributed by atoms with Gasteiger partial charge in [-0.2, -0.15) is 0 Å². The molecule has 110 valence electrons. The summed E-state index contributed by atoms with van der Waals surface area (Å²) in [4.78, 5) is 14.1. The largest absolute Gasteiger partial charge is 0.325 e. The van der Waals surface area contributed by atoms with Gasteiger partial charge in [0, 0.05) is 18.3 Å². The molecule has 1 aliphatic rings. The lowest BCUT2D eigenvalue weighted by molar-refractivity contribution is -0.117. The Morgan fingerprint density at radius 1 is 1.40 bits per heavy atom. The molecule has 1 heterocycles. The van der Waals surface area contributed by atoms with E-state index in [1.54, 1.807) is 0 Å². The Morgan fingerprint density at radius 3 is 2.75 bits per heavy atom. The molecule has 0 radical (unpaired) electrons. The molecule has 0 spiro atoms. The molecule has 0 saturated carbocycles. The average molecular weight is 275 g/mol. The van der Waals surface area contributed by atoms with Gasteiger partial charge in [0.25, 0.3) is 0 Å². The van der Waals surface area contributed by atoms with E-state index in [0.717, 1.165) is 38.0 Å². The van der Waals surface area contributed by atoms with E-state index >= 15 is 0 Å². The van der Waals surface area contributed by atoms with Gasteiger partial charge in [0.15, 0.2) is 0 Å². The molecule has 1 atom stereocenters. The van der Waals surface area contributed by atoms with Crippen molar-refractivity contribution in [3.63, 3.8) is 0 Å². The van der Waals surface area contributed by atoms with Crippen LogP contribution in [0.25, 0.3) is 0 Å². The lowest BCUT2D eigenvalue weighted by Gasteiger charge is -2.22. The number of likely N-dealkylation sites (N-methyl/N-ethyl adjacent to an activating group) is 1. The van der Waals surface area contributed by atoms with Gasteiger partial charge in [-0.3, -0.25) is 9.69 Å². The number of benzene rings is 1. The van der Waals surface area contributed by atoms with Crippen LogP contribution in [0.15, 0.2) is 24.3 Å². The van der Waals surface area contributed by atoms with Crippen LogP contribution in [-0.4, -0.2) is 43.5 Å². The Labute approximate surface area is 121 Å². The molecule has 4 nitrogen and oxygen atoms in total. The van der Waals surface area contributed by atoms with E-state index in [0.29, 0.717) is 12.6 Å². The number of nitrogens with one attached hydrogen (secondary N) is 2. The Bertz CT molecular complexity index is 424. The zero-order valence-electron chi connectivity index (χ0n) is 12.5. The molecule has 1 unspecified atom stereocenters. The van der Waals surface area contributed by atoms with Crippen molar-refractivity contribution in [1.29, 1.82) is 0 Å². The van der Waals surface area contributed by atoms with Gasteiger partial charge in [0.1, 0.15) is 0 Å². The van der Waals surface area contributed by atoms with Crippen molar-refractivity contribution >= 4 is 11.6 Å². The number of anilines is 1. The standard InChI is InChI=1S/C16H25N3O/c1-3-4-13-5-7-14(8-6-13)18-16(20)12-19(2)15-9-10-17-11-15/h5-8,15,17H,3-4,9-12H2,1-2H3,(H,18,20). The molecule has 0 aromatic heterocycles. The zero-order chi connectivity index (χ0) is 14.4. The second-order valence-corrected chi connectivity index (χ2v) is 5.56. The minimum Gasteiger partial charge on any atom is -0.325 e. The second-order valence-electron chi connectivity index (χ2n) is 5.56. The molecular formula is C16H25N3O. The predicted molar refractivity (Wildman–Crippen MR) is 83.0 cm³/mol. The van der Waals surface area contributed by atoms with E-state index in [1.165, 1.54) is 5.56 Å². The highest BCUT2D eigenvalue weighted by molar-refractivity contribution is 5.92. The molecule has 0 aliphatic carbocycles. The molecule has 2 N–H and O–H groups in total. The number of amides is 1. The Balaban J connectivity index is 1.81. The quantitative estimate of drug-likeness (QED) is 0.833. The molecule has 2 rings (SSSR count). The molecule has 20 heavy (non-hydrogen) atoms. The summed E-state index contributed by atoms with van der Waals surface area (Å²) >= 11 is 0. The summed E-state index contributed by atoms with van der Waals surface area (Å²) in [7, 11) is 2.02. The normalized spacial score (nSPS) is 18.4. The van der Waals surface area contributed by atoms with Crippen LogP contribution in [0.3, 0.4) is 0 Å². The topological polar surface area (TPSA) is 44.4 Å².